The van der Waals surface area contributed by atoms with Gasteiger partial charge < -0.3 is 9.32 Å². The Hall–Kier alpha value is -7.42. The Balaban J connectivity index is 1.30. The summed E-state index contributed by atoms with van der Waals surface area (Å²) in [6.07, 6.45) is 0. The lowest BCUT2D eigenvalue weighted by Crippen LogP contribution is -2.13. The van der Waals surface area contributed by atoms with Crippen molar-refractivity contribution >= 4 is 39.0 Å². The first kappa shape index (κ1) is 33.2. The molecule has 0 aliphatic carbocycles. The Morgan fingerprint density at radius 3 is 1.57 bits per heavy atom. The number of rotatable bonds is 8. The minimum atomic E-state index is 0.881. The van der Waals surface area contributed by atoms with Gasteiger partial charge in [-0.2, -0.15) is 0 Å². The smallest absolute Gasteiger partial charge is 0.143 e. The number of para-hydroxylation sites is 3. The normalized spacial score (nSPS) is 11.2. The summed E-state index contributed by atoms with van der Waals surface area (Å²) in [7, 11) is 0. The molecule has 10 rings (SSSR count). The Bertz CT molecular complexity index is 2960. The maximum atomic E-state index is 6.68. The van der Waals surface area contributed by atoms with E-state index < -0.39 is 0 Å². The van der Waals surface area contributed by atoms with Crippen molar-refractivity contribution in [3.63, 3.8) is 0 Å². The molecule has 2 nitrogen and oxygen atoms in total. The summed E-state index contributed by atoms with van der Waals surface area (Å²) >= 11 is 0. The number of nitrogens with zero attached hydrogens (tertiary/aromatic N) is 1. The van der Waals surface area contributed by atoms with Gasteiger partial charge >= 0.3 is 0 Å². The molecule has 56 heavy (non-hydrogen) atoms. The van der Waals surface area contributed by atoms with Gasteiger partial charge in [0.2, 0.25) is 0 Å². The summed E-state index contributed by atoms with van der Waals surface area (Å²) in [5.41, 5.74) is 16.4. The summed E-state index contributed by atoms with van der Waals surface area (Å²) in [4.78, 5) is 2.45. The molecule has 0 unspecified atom stereocenters. The second kappa shape index (κ2) is 14.4. The van der Waals surface area contributed by atoms with E-state index >= 15 is 0 Å². The monoisotopic (exact) mass is 715 g/mol. The molecule has 0 spiro atoms. The number of furan rings is 1. The van der Waals surface area contributed by atoms with Crippen molar-refractivity contribution in [3.05, 3.63) is 224 Å². The van der Waals surface area contributed by atoms with Crippen molar-refractivity contribution < 1.29 is 4.42 Å². The molecule has 0 bridgehead atoms. The van der Waals surface area contributed by atoms with Crippen molar-refractivity contribution in [1.29, 1.82) is 0 Å². The second-order valence-electron chi connectivity index (χ2n) is 14.0. The molecule has 0 N–H and O–H groups in total. The molecule has 264 valence electrons. The summed E-state index contributed by atoms with van der Waals surface area (Å²) in [6, 6.07) is 80.1. The lowest BCUT2D eigenvalue weighted by atomic mass is 9.87. The Morgan fingerprint density at radius 1 is 0.304 bits per heavy atom. The molecular weight excluding hydrogens is 679 g/mol. The first-order chi connectivity index (χ1) is 27.8. The molecule has 0 aliphatic heterocycles. The zero-order valence-corrected chi connectivity index (χ0v) is 30.7. The van der Waals surface area contributed by atoms with Crippen LogP contribution in [0, 0.1) is 0 Å². The maximum absolute atomic E-state index is 6.68. The van der Waals surface area contributed by atoms with Crippen LogP contribution in [0.2, 0.25) is 0 Å². The van der Waals surface area contributed by atoms with Crippen LogP contribution in [0.15, 0.2) is 229 Å². The lowest BCUT2D eigenvalue weighted by Gasteiger charge is -2.31. The van der Waals surface area contributed by atoms with E-state index in [2.05, 4.69) is 223 Å². The number of hydrogen-bond acceptors (Lipinski definition) is 2. The van der Waals surface area contributed by atoms with E-state index in [1.165, 1.54) is 16.7 Å². The standard InChI is InChI=1S/C54H37NO/c1-4-19-38(20-5-1)41-25-16-26-42(37-41)55(50-34-14-12-28-45(50)48-32-17-33-49-46-29-13-15-36-52(46)56-54(48)49)51-35-18-31-44(40-23-8-3-9-24-40)53(51)47-30-11-10-27-43(47)39-21-6-2-7-22-39/h1-37H. The van der Waals surface area contributed by atoms with Crippen LogP contribution in [0.5, 0.6) is 0 Å². The van der Waals surface area contributed by atoms with Gasteiger partial charge in [-0.1, -0.05) is 194 Å². The second-order valence-corrected chi connectivity index (χ2v) is 14.0. The van der Waals surface area contributed by atoms with Crippen LogP contribution in [0.25, 0.3) is 77.6 Å². The molecule has 0 saturated carbocycles. The molecule has 0 saturated heterocycles. The Morgan fingerprint density at radius 2 is 0.804 bits per heavy atom. The minimum Gasteiger partial charge on any atom is -0.455 e. The summed E-state index contributed by atoms with van der Waals surface area (Å²) < 4.78 is 6.68. The van der Waals surface area contributed by atoms with Crippen LogP contribution in [0.4, 0.5) is 17.1 Å². The Kier molecular flexibility index (Phi) is 8.55. The predicted octanol–water partition coefficient (Wildman–Crippen LogP) is 15.4. The molecule has 10 aromatic rings. The van der Waals surface area contributed by atoms with Crippen molar-refractivity contribution in [2.75, 3.05) is 4.90 Å². The van der Waals surface area contributed by atoms with Gasteiger partial charge in [0.1, 0.15) is 11.2 Å². The summed E-state index contributed by atoms with van der Waals surface area (Å²) in [6.45, 7) is 0. The van der Waals surface area contributed by atoms with E-state index in [1.807, 2.05) is 6.07 Å². The van der Waals surface area contributed by atoms with Crippen molar-refractivity contribution in [2.24, 2.45) is 0 Å². The largest absolute Gasteiger partial charge is 0.455 e. The lowest BCUT2D eigenvalue weighted by molar-refractivity contribution is 0.670. The van der Waals surface area contributed by atoms with E-state index in [9.17, 15) is 0 Å². The highest BCUT2D eigenvalue weighted by Crippen LogP contribution is 2.50. The molecule has 1 heterocycles. The van der Waals surface area contributed by atoms with Gasteiger partial charge in [-0.3, -0.25) is 0 Å². The third-order valence-corrected chi connectivity index (χ3v) is 10.7. The highest BCUT2D eigenvalue weighted by molar-refractivity contribution is 6.11. The summed E-state index contributed by atoms with van der Waals surface area (Å²) in [5, 5.41) is 2.22. The fourth-order valence-electron chi connectivity index (χ4n) is 8.16. The topological polar surface area (TPSA) is 16.4 Å². The van der Waals surface area contributed by atoms with Gasteiger partial charge in [-0.15, -0.1) is 0 Å². The van der Waals surface area contributed by atoms with Gasteiger partial charge in [-0.25, -0.2) is 0 Å². The average Bonchev–Trinajstić information content (AvgIpc) is 3.67. The maximum Gasteiger partial charge on any atom is 0.143 e. The first-order valence-corrected chi connectivity index (χ1v) is 19.1. The zero-order chi connectivity index (χ0) is 37.3. The molecule has 1 aromatic heterocycles. The van der Waals surface area contributed by atoms with E-state index in [0.717, 1.165) is 77.9 Å². The number of hydrogen-bond donors (Lipinski definition) is 0. The molecule has 2 heteroatoms. The van der Waals surface area contributed by atoms with Crippen molar-refractivity contribution in [3.8, 4) is 55.6 Å². The highest BCUT2D eigenvalue weighted by atomic mass is 16.3. The molecule has 0 aliphatic rings. The predicted molar refractivity (Wildman–Crippen MR) is 236 cm³/mol. The minimum absolute atomic E-state index is 0.881. The van der Waals surface area contributed by atoms with Crippen molar-refractivity contribution in [2.45, 2.75) is 0 Å². The van der Waals surface area contributed by atoms with Crippen molar-refractivity contribution in [1.82, 2.24) is 0 Å². The number of fused-ring (bicyclic) bond motifs is 3. The fraction of sp³-hybridized carbons (Fsp3) is 0. The van der Waals surface area contributed by atoms with E-state index in [0.29, 0.717) is 0 Å². The molecule has 9 aromatic carbocycles. The van der Waals surface area contributed by atoms with Crippen LogP contribution in [-0.4, -0.2) is 0 Å². The fourth-order valence-corrected chi connectivity index (χ4v) is 8.16. The van der Waals surface area contributed by atoms with Gasteiger partial charge in [-0.05, 0) is 69.3 Å². The van der Waals surface area contributed by atoms with Crippen LogP contribution in [-0.2, 0) is 0 Å². The SMILES string of the molecule is c1ccc(-c2cccc(N(c3ccccc3-c3cccc4c3oc3ccccc34)c3cccc(-c4ccccc4)c3-c3ccccc3-c3ccccc3)c2)cc1. The number of anilines is 3. The van der Waals surface area contributed by atoms with Gasteiger partial charge in [0.15, 0.2) is 0 Å². The Labute approximate surface area is 327 Å². The third-order valence-electron chi connectivity index (χ3n) is 10.7. The van der Waals surface area contributed by atoms with Crippen LogP contribution in [0.3, 0.4) is 0 Å². The van der Waals surface area contributed by atoms with Crippen LogP contribution in [0.1, 0.15) is 0 Å². The third kappa shape index (κ3) is 5.95. The van der Waals surface area contributed by atoms with E-state index in [1.54, 1.807) is 0 Å². The number of benzene rings is 9. The highest BCUT2D eigenvalue weighted by Gasteiger charge is 2.25. The zero-order valence-electron chi connectivity index (χ0n) is 30.7. The van der Waals surface area contributed by atoms with Gasteiger partial charge in [0.25, 0.3) is 0 Å². The van der Waals surface area contributed by atoms with E-state index in [-0.39, 0.29) is 0 Å². The summed E-state index contributed by atoms with van der Waals surface area (Å²) in [5.74, 6) is 0. The quantitative estimate of drug-likeness (QED) is 0.156. The average molecular weight is 716 g/mol. The molecular formula is C54H37NO. The van der Waals surface area contributed by atoms with Gasteiger partial charge in [0, 0.05) is 33.2 Å². The van der Waals surface area contributed by atoms with Crippen LogP contribution < -0.4 is 4.90 Å². The molecule has 0 atom stereocenters. The van der Waals surface area contributed by atoms with E-state index in [4.69, 9.17) is 4.42 Å². The first-order valence-electron chi connectivity index (χ1n) is 19.1. The van der Waals surface area contributed by atoms with Crippen LogP contribution >= 0.6 is 0 Å². The molecule has 0 fully saturated rings. The molecule has 0 amide bonds. The van der Waals surface area contributed by atoms with Gasteiger partial charge in [0.05, 0.1) is 11.4 Å². The molecule has 0 radical (unpaired) electrons.